The van der Waals surface area contributed by atoms with Crippen molar-refractivity contribution in [2.75, 3.05) is 19.6 Å². The maximum absolute atomic E-state index is 12.2. The van der Waals surface area contributed by atoms with Crippen LogP contribution in [0.5, 0.6) is 5.75 Å². The second-order valence-corrected chi connectivity index (χ2v) is 7.70. The third kappa shape index (κ3) is 4.30. The van der Waals surface area contributed by atoms with E-state index in [4.69, 9.17) is 4.74 Å². The molecule has 0 spiro atoms. The van der Waals surface area contributed by atoms with Gasteiger partial charge in [-0.3, -0.25) is 14.7 Å². The average molecular weight is 365 g/mol. The minimum Gasteiger partial charge on any atom is -0.490 e. The number of amides is 1. The molecule has 0 radical (unpaired) electrons. The van der Waals surface area contributed by atoms with Crippen molar-refractivity contribution in [1.82, 2.24) is 15.2 Å². The summed E-state index contributed by atoms with van der Waals surface area (Å²) in [7, 11) is 0. The Morgan fingerprint density at radius 1 is 1.22 bits per heavy atom. The fraction of sp³-hybridized carbons (Fsp3) is 0.455. The van der Waals surface area contributed by atoms with Crippen LogP contribution in [0.15, 0.2) is 42.7 Å². The Bertz CT molecular complexity index is 785. The predicted molar refractivity (Wildman–Crippen MR) is 105 cm³/mol. The highest BCUT2D eigenvalue weighted by Crippen LogP contribution is 2.33. The number of hydrogen-bond acceptors (Lipinski definition) is 4. The van der Waals surface area contributed by atoms with Crippen LogP contribution in [0.3, 0.4) is 0 Å². The molecule has 0 bridgehead atoms. The van der Waals surface area contributed by atoms with Gasteiger partial charge in [0.05, 0.1) is 0 Å². The summed E-state index contributed by atoms with van der Waals surface area (Å²) in [6.07, 6.45) is 6.83. The van der Waals surface area contributed by atoms with E-state index in [2.05, 4.69) is 40.3 Å². The molecule has 2 aliphatic heterocycles. The van der Waals surface area contributed by atoms with E-state index in [9.17, 15) is 4.79 Å². The largest absolute Gasteiger partial charge is 0.490 e. The lowest BCUT2D eigenvalue weighted by atomic mass is 9.96. The van der Waals surface area contributed by atoms with Gasteiger partial charge in [0.2, 0.25) is 0 Å². The van der Waals surface area contributed by atoms with Crippen LogP contribution in [0.1, 0.15) is 41.3 Å². The fourth-order valence-electron chi connectivity index (χ4n) is 4.06. The van der Waals surface area contributed by atoms with E-state index < -0.39 is 0 Å². The molecule has 27 heavy (non-hydrogen) atoms. The van der Waals surface area contributed by atoms with Crippen LogP contribution in [0, 0.1) is 5.92 Å². The Morgan fingerprint density at radius 2 is 2.00 bits per heavy atom. The summed E-state index contributed by atoms with van der Waals surface area (Å²) in [5.41, 5.74) is 3.32. The summed E-state index contributed by atoms with van der Waals surface area (Å²) in [6, 6.07) is 10.0. The first-order valence-corrected chi connectivity index (χ1v) is 9.87. The molecule has 1 saturated heterocycles. The molecule has 0 saturated carbocycles. The highest BCUT2D eigenvalue weighted by atomic mass is 16.5. The van der Waals surface area contributed by atoms with Gasteiger partial charge in [0, 0.05) is 43.0 Å². The van der Waals surface area contributed by atoms with Crippen molar-refractivity contribution in [3.05, 3.63) is 59.4 Å². The van der Waals surface area contributed by atoms with Crippen molar-refractivity contribution >= 4 is 5.91 Å². The number of carbonyl (C=O) groups is 1. The molecule has 1 aromatic heterocycles. The molecule has 5 nitrogen and oxygen atoms in total. The highest BCUT2D eigenvalue weighted by molar-refractivity contribution is 5.93. The summed E-state index contributed by atoms with van der Waals surface area (Å²) in [5, 5.41) is 3.07. The number of nitrogens with zero attached hydrogens (tertiary/aromatic N) is 2. The quantitative estimate of drug-likeness (QED) is 0.885. The fourth-order valence-corrected chi connectivity index (χ4v) is 4.06. The van der Waals surface area contributed by atoms with E-state index in [0.717, 1.165) is 51.2 Å². The lowest BCUT2D eigenvalue weighted by molar-refractivity contribution is 0.0935. The Hall–Kier alpha value is -2.40. The molecule has 4 rings (SSSR count). The summed E-state index contributed by atoms with van der Waals surface area (Å²) < 4.78 is 6.03. The standard InChI is InChI=1S/C22H27N3O2/c1-16-13-19-3-2-4-20(21(19)27-16)15-25-11-7-17(8-12-25)14-24-22(26)18-5-9-23-10-6-18/h2-6,9-10,16-17H,7-8,11-15H2,1H3,(H,24,26). The molecule has 2 aromatic rings. The number of rotatable bonds is 5. The van der Waals surface area contributed by atoms with Crippen LogP contribution in [0.2, 0.25) is 0 Å². The van der Waals surface area contributed by atoms with Crippen molar-refractivity contribution < 1.29 is 9.53 Å². The first-order valence-electron chi connectivity index (χ1n) is 9.87. The molecule has 1 amide bonds. The second kappa shape index (κ2) is 8.09. The lowest BCUT2D eigenvalue weighted by Crippen LogP contribution is -2.38. The third-order valence-electron chi connectivity index (χ3n) is 5.60. The van der Waals surface area contributed by atoms with Crippen LogP contribution in [0.25, 0.3) is 0 Å². The number of ether oxygens (including phenoxy) is 1. The van der Waals surface area contributed by atoms with Gasteiger partial charge in [0.25, 0.3) is 5.91 Å². The number of fused-ring (bicyclic) bond motifs is 1. The molecule has 0 aliphatic carbocycles. The number of pyridine rings is 1. The zero-order valence-corrected chi connectivity index (χ0v) is 15.9. The van der Waals surface area contributed by atoms with Gasteiger partial charge in [0.1, 0.15) is 11.9 Å². The van der Waals surface area contributed by atoms with Gasteiger partial charge in [-0.2, -0.15) is 0 Å². The predicted octanol–water partition coefficient (Wildman–Crippen LogP) is 3.05. The van der Waals surface area contributed by atoms with E-state index in [-0.39, 0.29) is 12.0 Å². The van der Waals surface area contributed by atoms with E-state index in [1.165, 1.54) is 11.1 Å². The molecule has 142 valence electrons. The Labute approximate surface area is 160 Å². The smallest absolute Gasteiger partial charge is 0.251 e. The summed E-state index contributed by atoms with van der Waals surface area (Å²) in [6.45, 7) is 5.96. The Kier molecular flexibility index (Phi) is 5.39. The molecule has 1 N–H and O–H groups in total. The van der Waals surface area contributed by atoms with Gasteiger partial charge in [-0.15, -0.1) is 0 Å². The average Bonchev–Trinajstić information content (AvgIpc) is 3.09. The molecule has 1 aromatic carbocycles. The van der Waals surface area contributed by atoms with Gasteiger partial charge in [-0.25, -0.2) is 0 Å². The van der Waals surface area contributed by atoms with Crippen molar-refractivity contribution in [2.45, 2.75) is 38.8 Å². The lowest BCUT2D eigenvalue weighted by Gasteiger charge is -2.32. The molecule has 5 heteroatoms. The normalized spacial score (nSPS) is 20.1. The molecule has 2 aliphatic rings. The van der Waals surface area contributed by atoms with Crippen LogP contribution in [-0.4, -0.2) is 41.5 Å². The van der Waals surface area contributed by atoms with Gasteiger partial charge < -0.3 is 10.1 Å². The van der Waals surface area contributed by atoms with Gasteiger partial charge in [-0.05, 0) is 56.5 Å². The minimum absolute atomic E-state index is 0.00838. The summed E-state index contributed by atoms with van der Waals surface area (Å²) in [4.78, 5) is 18.6. The van der Waals surface area contributed by atoms with Crippen molar-refractivity contribution in [3.8, 4) is 5.75 Å². The SMILES string of the molecule is CC1Cc2cccc(CN3CCC(CNC(=O)c4ccncc4)CC3)c2O1. The molecule has 1 fully saturated rings. The number of likely N-dealkylation sites (tertiary alicyclic amines) is 1. The third-order valence-corrected chi connectivity index (χ3v) is 5.60. The Balaban J connectivity index is 1.25. The summed E-state index contributed by atoms with van der Waals surface area (Å²) >= 11 is 0. The van der Waals surface area contributed by atoms with Gasteiger partial charge in [0.15, 0.2) is 0 Å². The maximum Gasteiger partial charge on any atom is 0.251 e. The van der Waals surface area contributed by atoms with Crippen LogP contribution >= 0.6 is 0 Å². The number of aromatic nitrogens is 1. The van der Waals surface area contributed by atoms with Crippen molar-refractivity contribution in [2.24, 2.45) is 5.92 Å². The zero-order chi connectivity index (χ0) is 18.6. The van der Waals surface area contributed by atoms with Crippen LogP contribution in [-0.2, 0) is 13.0 Å². The molecule has 1 atom stereocenters. The maximum atomic E-state index is 12.2. The first-order chi connectivity index (χ1) is 13.2. The van der Waals surface area contributed by atoms with E-state index in [1.807, 2.05) is 0 Å². The molecular formula is C22H27N3O2. The monoisotopic (exact) mass is 365 g/mol. The molecule has 1 unspecified atom stereocenters. The van der Waals surface area contributed by atoms with Gasteiger partial charge >= 0.3 is 0 Å². The second-order valence-electron chi connectivity index (χ2n) is 7.70. The number of nitrogens with one attached hydrogen (secondary N) is 1. The number of carbonyl (C=O) groups excluding carboxylic acids is 1. The molecule has 3 heterocycles. The Morgan fingerprint density at radius 3 is 2.78 bits per heavy atom. The minimum atomic E-state index is -0.00838. The highest BCUT2D eigenvalue weighted by Gasteiger charge is 2.25. The number of benzene rings is 1. The number of piperidine rings is 1. The van der Waals surface area contributed by atoms with Crippen molar-refractivity contribution in [3.63, 3.8) is 0 Å². The van der Waals surface area contributed by atoms with Crippen LogP contribution < -0.4 is 10.1 Å². The zero-order valence-electron chi connectivity index (χ0n) is 15.9. The van der Waals surface area contributed by atoms with E-state index in [0.29, 0.717) is 11.5 Å². The van der Waals surface area contributed by atoms with Crippen molar-refractivity contribution in [1.29, 1.82) is 0 Å². The van der Waals surface area contributed by atoms with Gasteiger partial charge in [-0.1, -0.05) is 18.2 Å². The summed E-state index contributed by atoms with van der Waals surface area (Å²) in [5.74, 6) is 1.65. The number of para-hydroxylation sites is 1. The van der Waals surface area contributed by atoms with E-state index in [1.54, 1.807) is 24.5 Å². The molecular weight excluding hydrogens is 338 g/mol. The van der Waals surface area contributed by atoms with E-state index >= 15 is 0 Å². The number of hydrogen-bond donors (Lipinski definition) is 1. The van der Waals surface area contributed by atoms with Crippen LogP contribution in [0.4, 0.5) is 0 Å². The first kappa shape index (κ1) is 18.0. The topological polar surface area (TPSA) is 54.5 Å².